The van der Waals surface area contributed by atoms with Gasteiger partial charge in [0.2, 0.25) is 5.56 Å². The van der Waals surface area contributed by atoms with Gasteiger partial charge >= 0.3 is 0 Å². The Kier molecular flexibility index (Phi) is 1.03. The van der Waals surface area contributed by atoms with Crippen LogP contribution in [-0.2, 0) is 6.42 Å². The maximum atomic E-state index is 10.7. The first-order valence-electron chi connectivity index (χ1n) is 3.21. The molecule has 0 spiro atoms. The molecule has 1 aromatic heterocycles. The second kappa shape index (κ2) is 1.87. The van der Waals surface area contributed by atoms with E-state index in [2.05, 4.69) is 4.98 Å². The third kappa shape index (κ3) is 0.708. The highest BCUT2D eigenvalue weighted by atomic mass is 16.5. The number of rotatable bonds is 0. The summed E-state index contributed by atoms with van der Waals surface area (Å²) in [4.78, 5) is 13.4. The number of hydrogen-bond acceptors (Lipinski definition) is 2. The van der Waals surface area contributed by atoms with E-state index in [0.29, 0.717) is 6.61 Å². The molecule has 2 heterocycles. The van der Waals surface area contributed by atoms with E-state index in [1.165, 1.54) is 6.07 Å². The lowest BCUT2D eigenvalue weighted by Crippen LogP contribution is -2.04. The van der Waals surface area contributed by atoms with Crippen molar-refractivity contribution in [3.05, 3.63) is 28.2 Å². The van der Waals surface area contributed by atoms with Crippen molar-refractivity contribution in [2.45, 2.75) is 6.42 Å². The van der Waals surface area contributed by atoms with Crippen molar-refractivity contribution >= 4 is 0 Å². The molecule has 0 amide bonds. The van der Waals surface area contributed by atoms with Gasteiger partial charge in [0, 0.05) is 12.5 Å². The minimum Gasteiger partial charge on any atom is -0.491 e. The molecular formula is C7H7NO2. The molecule has 0 atom stereocenters. The molecule has 0 aromatic carbocycles. The molecule has 52 valence electrons. The van der Waals surface area contributed by atoms with Crippen molar-refractivity contribution in [2.75, 3.05) is 6.61 Å². The predicted molar refractivity (Wildman–Crippen MR) is 36.3 cm³/mol. The van der Waals surface area contributed by atoms with Gasteiger partial charge in [-0.1, -0.05) is 0 Å². The molecule has 0 saturated carbocycles. The molecule has 3 nitrogen and oxygen atoms in total. The largest absolute Gasteiger partial charge is 0.491 e. The highest BCUT2D eigenvalue weighted by molar-refractivity contribution is 5.29. The first kappa shape index (κ1) is 5.53. The Morgan fingerprint density at radius 2 is 2.40 bits per heavy atom. The third-order valence-electron chi connectivity index (χ3n) is 1.57. The molecule has 1 N–H and O–H groups in total. The maximum Gasteiger partial charge on any atom is 0.248 e. The van der Waals surface area contributed by atoms with Crippen molar-refractivity contribution in [3.63, 3.8) is 0 Å². The Balaban J connectivity index is 2.63. The van der Waals surface area contributed by atoms with Crippen LogP contribution in [0.25, 0.3) is 0 Å². The summed E-state index contributed by atoms with van der Waals surface area (Å²) < 4.78 is 5.18. The Bertz CT molecular complexity index is 303. The molecular weight excluding hydrogens is 130 g/mol. The zero-order valence-electron chi connectivity index (χ0n) is 5.39. The summed E-state index contributed by atoms with van der Waals surface area (Å²) in [5.41, 5.74) is 0.872. The molecule has 2 rings (SSSR count). The summed E-state index contributed by atoms with van der Waals surface area (Å²) in [6, 6.07) is 3.19. The van der Waals surface area contributed by atoms with Gasteiger partial charge in [-0.25, -0.2) is 0 Å². The normalized spacial score (nSPS) is 14.4. The molecule has 10 heavy (non-hydrogen) atoms. The number of hydrogen-bond donors (Lipinski definition) is 1. The number of pyridine rings is 1. The van der Waals surface area contributed by atoms with Crippen LogP contribution in [0.3, 0.4) is 0 Å². The summed E-state index contributed by atoms with van der Waals surface area (Å²) in [7, 11) is 0. The van der Waals surface area contributed by atoms with E-state index in [4.69, 9.17) is 4.74 Å². The highest BCUT2D eigenvalue weighted by Crippen LogP contribution is 2.19. The lowest BCUT2D eigenvalue weighted by atomic mass is 10.3. The van der Waals surface area contributed by atoms with Gasteiger partial charge in [-0.3, -0.25) is 4.79 Å². The number of aromatic nitrogens is 1. The van der Waals surface area contributed by atoms with Gasteiger partial charge in [-0.15, -0.1) is 0 Å². The Morgan fingerprint density at radius 3 is 3.30 bits per heavy atom. The van der Waals surface area contributed by atoms with Crippen molar-refractivity contribution in [3.8, 4) is 5.75 Å². The van der Waals surface area contributed by atoms with Gasteiger partial charge in [-0.2, -0.15) is 0 Å². The molecule has 3 heteroatoms. The number of aromatic amines is 1. The Labute approximate surface area is 57.7 Å². The number of fused-ring (bicyclic) bond motifs is 1. The van der Waals surface area contributed by atoms with Crippen LogP contribution in [0.1, 0.15) is 5.69 Å². The zero-order chi connectivity index (χ0) is 6.97. The molecule has 1 aliphatic heterocycles. The van der Waals surface area contributed by atoms with Crippen LogP contribution < -0.4 is 10.3 Å². The van der Waals surface area contributed by atoms with Crippen LogP contribution >= 0.6 is 0 Å². The fourth-order valence-corrected chi connectivity index (χ4v) is 1.09. The molecule has 0 aliphatic carbocycles. The van der Waals surface area contributed by atoms with E-state index in [1.54, 1.807) is 6.07 Å². The van der Waals surface area contributed by atoms with Crippen molar-refractivity contribution < 1.29 is 4.74 Å². The minimum absolute atomic E-state index is 0.0516. The summed E-state index contributed by atoms with van der Waals surface area (Å²) in [6.07, 6.45) is 0.825. The van der Waals surface area contributed by atoms with E-state index in [1.807, 2.05) is 0 Å². The molecule has 0 unspecified atom stereocenters. The van der Waals surface area contributed by atoms with Gasteiger partial charge in [0.05, 0.1) is 12.3 Å². The lowest BCUT2D eigenvalue weighted by Gasteiger charge is -1.93. The zero-order valence-corrected chi connectivity index (χ0v) is 5.39. The van der Waals surface area contributed by atoms with Gasteiger partial charge in [0.1, 0.15) is 5.75 Å². The molecule has 0 radical (unpaired) electrons. The van der Waals surface area contributed by atoms with E-state index < -0.39 is 0 Å². The SMILES string of the molecule is O=c1ccc2c([nH]1)CCO2. The minimum atomic E-state index is -0.0516. The van der Waals surface area contributed by atoms with Gasteiger partial charge < -0.3 is 9.72 Å². The molecule has 0 fully saturated rings. The highest BCUT2D eigenvalue weighted by Gasteiger charge is 2.10. The fourth-order valence-electron chi connectivity index (χ4n) is 1.09. The first-order valence-corrected chi connectivity index (χ1v) is 3.21. The van der Waals surface area contributed by atoms with Crippen molar-refractivity contribution in [1.82, 2.24) is 4.98 Å². The van der Waals surface area contributed by atoms with Crippen LogP contribution in [-0.4, -0.2) is 11.6 Å². The van der Waals surface area contributed by atoms with Crippen molar-refractivity contribution in [2.24, 2.45) is 0 Å². The standard InChI is InChI=1S/C7H7NO2/c9-7-2-1-6-5(8-7)3-4-10-6/h1-2H,3-4H2,(H,8,9). The van der Waals surface area contributed by atoms with E-state index in [-0.39, 0.29) is 5.56 Å². The van der Waals surface area contributed by atoms with Crippen LogP contribution in [0.15, 0.2) is 16.9 Å². The summed E-state index contributed by atoms with van der Waals surface area (Å²) in [5, 5.41) is 0. The average Bonchev–Trinajstić information content (AvgIpc) is 2.33. The Hall–Kier alpha value is -1.25. The number of ether oxygens (including phenoxy) is 1. The van der Waals surface area contributed by atoms with Crippen LogP contribution in [0.4, 0.5) is 0 Å². The molecule has 0 saturated heterocycles. The number of nitrogens with one attached hydrogen (secondary N) is 1. The maximum absolute atomic E-state index is 10.7. The van der Waals surface area contributed by atoms with E-state index in [0.717, 1.165) is 17.9 Å². The quantitative estimate of drug-likeness (QED) is 0.559. The van der Waals surface area contributed by atoms with E-state index >= 15 is 0 Å². The lowest BCUT2D eigenvalue weighted by molar-refractivity contribution is 0.357. The third-order valence-corrected chi connectivity index (χ3v) is 1.57. The summed E-state index contributed by atoms with van der Waals surface area (Å²) in [5.74, 6) is 0.819. The smallest absolute Gasteiger partial charge is 0.248 e. The fraction of sp³-hybridized carbons (Fsp3) is 0.286. The second-order valence-corrected chi connectivity index (χ2v) is 2.26. The predicted octanol–water partition coefficient (Wildman–Crippen LogP) is 0.310. The van der Waals surface area contributed by atoms with Crippen LogP contribution in [0, 0.1) is 0 Å². The monoisotopic (exact) mass is 137 g/mol. The number of H-pyrrole nitrogens is 1. The molecule has 1 aromatic rings. The van der Waals surface area contributed by atoms with E-state index in [9.17, 15) is 4.79 Å². The molecule has 0 bridgehead atoms. The topological polar surface area (TPSA) is 42.1 Å². The van der Waals surface area contributed by atoms with Crippen LogP contribution in [0.5, 0.6) is 5.75 Å². The van der Waals surface area contributed by atoms with Gasteiger partial charge in [0.25, 0.3) is 0 Å². The first-order chi connectivity index (χ1) is 4.86. The second-order valence-electron chi connectivity index (χ2n) is 2.26. The summed E-state index contributed by atoms with van der Waals surface area (Å²) >= 11 is 0. The summed E-state index contributed by atoms with van der Waals surface area (Å²) in [6.45, 7) is 0.690. The van der Waals surface area contributed by atoms with Crippen molar-refractivity contribution in [1.29, 1.82) is 0 Å². The van der Waals surface area contributed by atoms with Crippen LogP contribution in [0.2, 0.25) is 0 Å². The Morgan fingerprint density at radius 1 is 1.50 bits per heavy atom. The van der Waals surface area contributed by atoms with Gasteiger partial charge in [0.15, 0.2) is 0 Å². The van der Waals surface area contributed by atoms with Gasteiger partial charge in [-0.05, 0) is 6.07 Å². The molecule has 1 aliphatic rings. The average molecular weight is 137 g/mol.